The molecule has 0 radical (unpaired) electrons. The lowest BCUT2D eigenvalue weighted by atomic mass is 9.49. The van der Waals surface area contributed by atoms with Crippen LogP contribution < -0.4 is 0 Å². The highest BCUT2D eigenvalue weighted by Gasteiger charge is 2.54. The Morgan fingerprint density at radius 1 is 1.00 bits per heavy atom. The van der Waals surface area contributed by atoms with Crippen LogP contribution >= 0.6 is 11.3 Å². The number of rotatable bonds is 2. The second-order valence-electron chi connectivity index (χ2n) is 9.65. The minimum Gasteiger partial charge on any atom is -0.253 e. The molecule has 1 aromatic carbocycles. The number of aromatic nitrogens is 5. The van der Waals surface area contributed by atoms with Crippen LogP contribution in [0.25, 0.3) is 26.4 Å². The van der Waals surface area contributed by atoms with E-state index in [0.717, 1.165) is 55.7 Å². The van der Waals surface area contributed by atoms with Crippen LogP contribution in [-0.2, 0) is 5.41 Å². The lowest BCUT2D eigenvalue weighted by molar-refractivity contribution is -0.0103. The molecule has 8 rings (SSSR count). The summed E-state index contributed by atoms with van der Waals surface area (Å²) in [6.45, 7) is 2.05. The van der Waals surface area contributed by atoms with Crippen molar-refractivity contribution in [2.75, 3.05) is 0 Å². The van der Waals surface area contributed by atoms with E-state index in [4.69, 9.17) is 10.2 Å². The first-order valence-corrected chi connectivity index (χ1v) is 11.6. The molecule has 0 unspecified atom stereocenters. The van der Waals surface area contributed by atoms with Gasteiger partial charge in [-0.1, -0.05) is 29.5 Å². The zero-order chi connectivity index (χ0) is 19.2. The van der Waals surface area contributed by atoms with Gasteiger partial charge in [-0.3, -0.25) is 4.98 Å². The van der Waals surface area contributed by atoms with E-state index in [-0.39, 0.29) is 5.41 Å². The molecule has 4 bridgehead atoms. The van der Waals surface area contributed by atoms with E-state index in [1.165, 1.54) is 38.5 Å². The van der Waals surface area contributed by atoms with E-state index in [1.807, 2.05) is 6.07 Å². The average molecular weight is 402 g/mol. The number of benzene rings is 1. The fourth-order valence-electron chi connectivity index (χ4n) is 6.93. The Morgan fingerprint density at radius 3 is 2.48 bits per heavy atom. The zero-order valence-electron chi connectivity index (χ0n) is 16.5. The summed E-state index contributed by atoms with van der Waals surface area (Å²) in [6, 6.07) is 10.5. The van der Waals surface area contributed by atoms with Crippen LogP contribution in [0.5, 0.6) is 0 Å². The summed E-state index contributed by atoms with van der Waals surface area (Å²) in [5.41, 5.74) is 3.40. The number of hydrogen-bond acceptors (Lipinski definition) is 5. The molecular formula is C23H23N5S. The standard InChI is InChI=1S/C23H23N5S/c1-13-6-18(17-4-2-3-5-19(17)24-13)20-27-28-21(25-26-22(28)29-20)23-10-14-7-15(11-23)9-16(8-14)12-23/h2-6,14-16H,7-12H2,1H3. The number of aryl methyl sites for hydroxylation is 1. The van der Waals surface area contributed by atoms with Crippen LogP contribution in [0.15, 0.2) is 30.3 Å². The van der Waals surface area contributed by atoms with Gasteiger partial charge in [-0.2, -0.15) is 9.61 Å². The van der Waals surface area contributed by atoms with Gasteiger partial charge < -0.3 is 0 Å². The molecule has 4 fully saturated rings. The Bertz CT molecular complexity index is 1230. The SMILES string of the molecule is Cc1cc(-c2nn3c(C45CC6CC(CC(C6)C4)C5)nnc3s2)c2ccccc2n1. The van der Waals surface area contributed by atoms with Crippen LogP contribution in [0.2, 0.25) is 0 Å². The molecule has 0 spiro atoms. The lowest BCUT2D eigenvalue weighted by Crippen LogP contribution is -2.49. The molecule has 4 aliphatic rings. The Hall–Kier alpha value is -2.34. The number of para-hydroxylation sites is 1. The molecule has 29 heavy (non-hydrogen) atoms. The van der Waals surface area contributed by atoms with Crippen molar-refractivity contribution in [3.8, 4) is 10.6 Å². The molecule has 0 saturated heterocycles. The molecule has 3 heterocycles. The molecule has 3 aromatic heterocycles. The van der Waals surface area contributed by atoms with Gasteiger partial charge in [-0.25, -0.2) is 0 Å². The molecule has 5 nitrogen and oxygen atoms in total. The van der Waals surface area contributed by atoms with Crippen LogP contribution in [0.4, 0.5) is 0 Å². The first-order valence-electron chi connectivity index (χ1n) is 10.8. The van der Waals surface area contributed by atoms with Gasteiger partial charge in [0.1, 0.15) is 5.01 Å². The summed E-state index contributed by atoms with van der Waals surface area (Å²) in [6.07, 6.45) is 8.15. The highest BCUT2D eigenvalue weighted by Crippen LogP contribution is 2.60. The van der Waals surface area contributed by atoms with E-state index in [1.54, 1.807) is 11.3 Å². The molecule has 4 aliphatic carbocycles. The van der Waals surface area contributed by atoms with Crippen molar-refractivity contribution in [2.45, 2.75) is 50.9 Å². The van der Waals surface area contributed by atoms with E-state index < -0.39 is 0 Å². The number of nitrogens with zero attached hydrogens (tertiary/aromatic N) is 5. The molecule has 0 N–H and O–H groups in total. The van der Waals surface area contributed by atoms with Crippen LogP contribution in [0.3, 0.4) is 0 Å². The number of fused-ring (bicyclic) bond motifs is 2. The zero-order valence-corrected chi connectivity index (χ0v) is 17.3. The van der Waals surface area contributed by atoms with E-state index in [2.05, 4.69) is 45.8 Å². The summed E-state index contributed by atoms with van der Waals surface area (Å²) in [7, 11) is 0. The molecule has 4 aromatic rings. The maximum atomic E-state index is 5.07. The van der Waals surface area contributed by atoms with Crippen molar-refractivity contribution in [1.29, 1.82) is 0 Å². The third-order valence-electron chi connectivity index (χ3n) is 7.58. The van der Waals surface area contributed by atoms with Crippen LogP contribution in [0.1, 0.15) is 50.0 Å². The monoisotopic (exact) mass is 401 g/mol. The van der Waals surface area contributed by atoms with Gasteiger partial charge in [0.2, 0.25) is 4.96 Å². The van der Waals surface area contributed by atoms with E-state index >= 15 is 0 Å². The van der Waals surface area contributed by atoms with E-state index in [9.17, 15) is 0 Å². The van der Waals surface area contributed by atoms with Gasteiger partial charge in [-0.15, -0.1) is 10.2 Å². The second kappa shape index (κ2) is 5.63. The first-order chi connectivity index (χ1) is 14.2. The normalized spacial score (nSPS) is 30.6. The van der Waals surface area contributed by atoms with Gasteiger partial charge in [0.15, 0.2) is 5.82 Å². The third kappa shape index (κ3) is 2.32. The van der Waals surface area contributed by atoms with Gasteiger partial charge >= 0.3 is 0 Å². The fraction of sp³-hybridized carbons (Fsp3) is 0.478. The minimum absolute atomic E-state index is 0.204. The summed E-state index contributed by atoms with van der Waals surface area (Å²) in [5, 5.41) is 16.5. The summed E-state index contributed by atoms with van der Waals surface area (Å²) in [4.78, 5) is 5.61. The summed E-state index contributed by atoms with van der Waals surface area (Å²) < 4.78 is 2.08. The Balaban J connectivity index is 1.39. The largest absolute Gasteiger partial charge is 0.253 e. The third-order valence-corrected chi connectivity index (χ3v) is 8.51. The van der Waals surface area contributed by atoms with E-state index in [0.29, 0.717) is 0 Å². The molecule has 0 atom stereocenters. The highest BCUT2D eigenvalue weighted by molar-refractivity contribution is 7.19. The molecule has 146 valence electrons. The molecular weight excluding hydrogens is 378 g/mol. The summed E-state index contributed by atoms with van der Waals surface area (Å²) in [5.74, 6) is 3.79. The summed E-state index contributed by atoms with van der Waals surface area (Å²) >= 11 is 1.65. The molecule has 0 amide bonds. The smallest absolute Gasteiger partial charge is 0.235 e. The van der Waals surface area contributed by atoms with Crippen LogP contribution in [-0.4, -0.2) is 24.8 Å². The first kappa shape index (κ1) is 16.5. The van der Waals surface area contributed by atoms with Gasteiger partial charge in [-0.05, 0) is 75.3 Å². The van der Waals surface area contributed by atoms with Gasteiger partial charge in [0.25, 0.3) is 0 Å². The Labute approximate surface area is 173 Å². The van der Waals surface area contributed by atoms with Crippen molar-refractivity contribution in [3.05, 3.63) is 41.9 Å². The minimum atomic E-state index is 0.204. The second-order valence-corrected chi connectivity index (χ2v) is 10.6. The van der Waals surface area contributed by atoms with Gasteiger partial charge in [0.05, 0.1) is 5.52 Å². The van der Waals surface area contributed by atoms with Crippen LogP contribution in [0, 0.1) is 24.7 Å². The topological polar surface area (TPSA) is 56.0 Å². The lowest BCUT2D eigenvalue weighted by Gasteiger charge is -2.55. The van der Waals surface area contributed by atoms with Crippen molar-refractivity contribution in [1.82, 2.24) is 24.8 Å². The number of hydrogen-bond donors (Lipinski definition) is 0. The quantitative estimate of drug-likeness (QED) is 0.464. The van der Waals surface area contributed by atoms with Crippen molar-refractivity contribution >= 4 is 27.2 Å². The Kier molecular flexibility index (Phi) is 3.19. The highest BCUT2D eigenvalue weighted by atomic mass is 32.1. The molecule has 6 heteroatoms. The maximum absolute atomic E-state index is 5.07. The van der Waals surface area contributed by atoms with Crippen molar-refractivity contribution in [3.63, 3.8) is 0 Å². The molecule has 0 aliphatic heterocycles. The number of pyridine rings is 1. The predicted molar refractivity (Wildman–Crippen MR) is 114 cm³/mol. The Morgan fingerprint density at radius 2 is 1.72 bits per heavy atom. The van der Waals surface area contributed by atoms with Crippen molar-refractivity contribution in [2.24, 2.45) is 17.8 Å². The van der Waals surface area contributed by atoms with Crippen molar-refractivity contribution < 1.29 is 0 Å². The van der Waals surface area contributed by atoms with Gasteiger partial charge in [0, 0.05) is 22.1 Å². The average Bonchev–Trinajstić information content (AvgIpc) is 3.27. The maximum Gasteiger partial charge on any atom is 0.235 e. The molecule has 4 saturated carbocycles. The predicted octanol–water partition coefficient (Wildman–Crippen LogP) is 5.18. The fourth-order valence-corrected chi connectivity index (χ4v) is 7.80.